The van der Waals surface area contributed by atoms with E-state index in [9.17, 15) is 9.59 Å². The van der Waals surface area contributed by atoms with Crippen molar-refractivity contribution < 1.29 is 33.3 Å². The van der Waals surface area contributed by atoms with Crippen molar-refractivity contribution in [3.8, 4) is 5.75 Å². The Balaban J connectivity index is 1.69. The molecule has 0 atom stereocenters. The third kappa shape index (κ3) is 8.20. The van der Waals surface area contributed by atoms with Crippen molar-refractivity contribution in [2.24, 2.45) is 0 Å². The Morgan fingerprint density at radius 2 is 1.27 bits per heavy atom. The van der Waals surface area contributed by atoms with Crippen LogP contribution in [0.1, 0.15) is 20.7 Å². The molecule has 0 saturated carbocycles. The lowest BCUT2D eigenvalue weighted by molar-refractivity contribution is 0.00569. The second-order valence-electron chi connectivity index (χ2n) is 6.09. The Hall–Kier alpha value is -2.94. The number of anilines is 1. The SMILES string of the molecule is CNc1ccc(OC(=O)c2ccc(C(=O)OCCOCCOCCOC)cc2)cc1. The van der Waals surface area contributed by atoms with Gasteiger partial charge in [-0.05, 0) is 48.5 Å². The van der Waals surface area contributed by atoms with Crippen LogP contribution < -0.4 is 10.1 Å². The fourth-order valence-electron chi connectivity index (χ4n) is 2.34. The van der Waals surface area contributed by atoms with Gasteiger partial charge in [0.15, 0.2) is 0 Å². The lowest BCUT2D eigenvalue weighted by Gasteiger charge is -2.08. The largest absolute Gasteiger partial charge is 0.460 e. The molecule has 2 rings (SSSR count). The second kappa shape index (κ2) is 13.3. The normalized spacial score (nSPS) is 10.5. The summed E-state index contributed by atoms with van der Waals surface area (Å²) in [6, 6.07) is 13.1. The van der Waals surface area contributed by atoms with Crippen LogP contribution >= 0.6 is 0 Å². The highest BCUT2D eigenvalue weighted by atomic mass is 16.6. The van der Waals surface area contributed by atoms with Gasteiger partial charge < -0.3 is 29.0 Å². The van der Waals surface area contributed by atoms with Gasteiger partial charge in [-0.25, -0.2) is 9.59 Å². The maximum Gasteiger partial charge on any atom is 0.343 e. The van der Waals surface area contributed by atoms with Gasteiger partial charge in [0.25, 0.3) is 0 Å². The number of benzene rings is 2. The summed E-state index contributed by atoms with van der Waals surface area (Å²) in [5.41, 5.74) is 1.59. The number of hydrogen-bond donors (Lipinski definition) is 1. The lowest BCUT2D eigenvalue weighted by Crippen LogP contribution is -2.14. The zero-order valence-electron chi connectivity index (χ0n) is 17.2. The van der Waals surface area contributed by atoms with Crippen molar-refractivity contribution in [1.82, 2.24) is 0 Å². The molecule has 0 amide bonds. The topological polar surface area (TPSA) is 92.3 Å². The number of hydrogen-bond acceptors (Lipinski definition) is 8. The molecule has 0 unspecified atom stereocenters. The van der Waals surface area contributed by atoms with Crippen LogP contribution in [0, 0.1) is 0 Å². The summed E-state index contributed by atoms with van der Waals surface area (Å²) >= 11 is 0. The van der Waals surface area contributed by atoms with Crippen LogP contribution in [0.15, 0.2) is 48.5 Å². The van der Waals surface area contributed by atoms with Crippen molar-refractivity contribution >= 4 is 17.6 Å². The van der Waals surface area contributed by atoms with Gasteiger partial charge in [0, 0.05) is 19.8 Å². The first-order valence-corrected chi connectivity index (χ1v) is 9.55. The van der Waals surface area contributed by atoms with E-state index in [1.54, 1.807) is 38.4 Å². The van der Waals surface area contributed by atoms with Crippen LogP contribution in [0.4, 0.5) is 5.69 Å². The molecule has 0 fully saturated rings. The van der Waals surface area contributed by atoms with E-state index in [0.29, 0.717) is 43.3 Å². The third-order valence-electron chi connectivity index (χ3n) is 3.97. The second-order valence-corrected chi connectivity index (χ2v) is 6.09. The van der Waals surface area contributed by atoms with Gasteiger partial charge in [0.05, 0.1) is 44.2 Å². The maximum atomic E-state index is 12.2. The van der Waals surface area contributed by atoms with Crippen molar-refractivity contribution in [2.45, 2.75) is 0 Å². The fourth-order valence-corrected chi connectivity index (χ4v) is 2.34. The van der Waals surface area contributed by atoms with E-state index >= 15 is 0 Å². The highest BCUT2D eigenvalue weighted by molar-refractivity contribution is 5.94. The number of rotatable bonds is 13. The average molecular weight is 417 g/mol. The zero-order valence-corrected chi connectivity index (χ0v) is 17.2. The maximum absolute atomic E-state index is 12.2. The van der Waals surface area contributed by atoms with Gasteiger partial charge in [-0.2, -0.15) is 0 Å². The number of carbonyl (C=O) groups is 2. The molecule has 0 aliphatic rings. The van der Waals surface area contributed by atoms with Crippen molar-refractivity contribution in [1.29, 1.82) is 0 Å². The predicted molar refractivity (Wildman–Crippen MR) is 111 cm³/mol. The molecule has 8 nitrogen and oxygen atoms in total. The van der Waals surface area contributed by atoms with Crippen LogP contribution in [0.2, 0.25) is 0 Å². The summed E-state index contributed by atoms with van der Waals surface area (Å²) in [7, 11) is 3.42. The lowest BCUT2D eigenvalue weighted by atomic mass is 10.1. The quantitative estimate of drug-likeness (QED) is 0.302. The van der Waals surface area contributed by atoms with E-state index in [1.807, 2.05) is 0 Å². The van der Waals surface area contributed by atoms with Gasteiger partial charge in [-0.1, -0.05) is 0 Å². The van der Waals surface area contributed by atoms with Crippen LogP contribution in [-0.2, 0) is 18.9 Å². The molecule has 8 heteroatoms. The van der Waals surface area contributed by atoms with E-state index in [4.69, 9.17) is 23.7 Å². The molecule has 2 aromatic carbocycles. The Bertz CT molecular complexity index is 775. The smallest absolute Gasteiger partial charge is 0.343 e. The minimum atomic E-state index is -0.506. The summed E-state index contributed by atoms with van der Waals surface area (Å²) in [4.78, 5) is 24.3. The van der Waals surface area contributed by atoms with Crippen molar-refractivity contribution in [3.05, 3.63) is 59.7 Å². The van der Waals surface area contributed by atoms with Crippen molar-refractivity contribution in [3.63, 3.8) is 0 Å². The van der Waals surface area contributed by atoms with Crippen molar-refractivity contribution in [2.75, 3.05) is 59.1 Å². The molecule has 0 aliphatic carbocycles. The monoisotopic (exact) mass is 417 g/mol. The van der Waals surface area contributed by atoms with Gasteiger partial charge in [0.1, 0.15) is 12.4 Å². The molecular formula is C22H27NO7. The molecule has 0 heterocycles. The number of ether oxygens (including phenoxy) is 5. The summed E-state index contributed by atoms with van der Waals surface area (Å²) < 4.78 is 25.9. The van der Waals surface area contributed by atoms with Gasteiger partial charge in [0.2, 0.25) is 0 Å². The summed E-state index contributed by atoms with van der Waals surface area (Å²) in [6.07, 6.45) is 0. The molecule has 1 N–H and O–H groups in total. The molecular weight excluding hydrogens is 390 g/mol. The molecule has 0 bridgehead atoms. The molecule has 30 heavy (non-hydrogen) atoms. The van der Waals surface area contributed by atoms with Crippen LogP contribution in [-0.4, -0.2) is 65.7 Å². The molecule has 162 valence electrons. The van der Waals surface area contributed by atoms with E-state index in [0.717, 1.165) is 5.69 Å². The molecule has 2 aromatic rings. The number of carbonyl (C=O) groups excluding carboxylic acids is 2. The minimum Gasteiger partial charge on any atom is -0.460 e. The third-order valence-corrected chi connectivity index (χ3v) is 3.97. The Labute approximate surface area is 176 Å². The average Bonchev–Trinajstić information content (AvgIpc) is 2.78. The van der Waals surface area contributed by atoms with Gasteiger partial charge in [-0.3, -0.25) is 0 Å². The first-order chi connectivity index (χ1) is 14.6. The minimum absolute atomic E-state index is 0.128. The first kappa shape index (κ1) is 23.3. The predicted octanol–water partition coefficient (Wildman–Crippen LogP) is 2.78. The summed E-state index contributed by atoms with van der Waals surface area (Å²) in [6.45, 7) is 2.32. The first-order valence-electron chi connectivity index (χ1n) is 9.55. The van der Waals surface area contributed by atoms with Crippen LogP contribution in [0.3, 0.4) is 0 Å². The zero-order chi connectivity index (χ0) is 21.6. The fraction of sp³-hybridized carbons (Fsp3) is 0.364. The summed E-state index contributed by atoms with van der Waals surface area (Å²) in [5.74, 6) is -0.558. The van der Waals surface area contributed by atoms with Gasteiger partial charge in [-0.15, -0.1) is 0 Å². The van der Waals surface area contributed by atoms with Gasteiger partial charge >= 0.3 is 11.9 Å². The molecule has 0 aliphatic heterocycles. The standard InChI is InChI=1S/C22H27NO7/c1-23-19-7-9-20(10-8-19)30-22(25)18-5-3-17(4-6-18)21(24)29-16-15-28-14-13-27-12-11-26-2/h3-10,23H,11-16H2,1-2H3. The molecule has 0 saturated heterocycles. The number of methoxy groups -OCH3 is 1. The van der Waals surface area contributed by atoms with E-state index in [2.05, 4.69) is 5.32 Å². The highest BCUT2D eigenvalue weighted by Crippen LogP contribution is 2.17. The highest BCUT2D eigenvalue weighted by Gasteiger charge is 2.12. The number of esters is 2. The molecule has 0 aromatic heterocycles. The van der Waals surface area contributed by atoms with E-state index in [-0.39, 0.29) is 13.2 Å². The summed E-state index contributed by atoms with van der Waals surface area (Å²) in [5, 5.41) is 2.99. The van der Waals surface area contributed by atoms with Crippen LogP contribution in [0.5, 0.6) is 5.75 Å². The van der Waals surface area contributed by atoms with E-state index < -0.39 is 11.9 Å². The Morgan fingerprint density at radius 1 is 0.733 bits per heavy atom. The molecule has 0 spiro atoms. The van der Waals surface area contributed by atoms with E-state index in [1.165, 1.54) is 24.3 Å². The Morgan fingerprint density at radius 3 is 1.83 bits per heavy atom. The molecule has 0 radical (unpaired) electrons. The van der Waals surface area contributed by atoms with Crippen LogP contribution in [0.25, 0.3) is 0 Å². The Kier molecular flexibility index (Phi) is 10.4. The number of nitrogens with one attached hydrogen (secondary N) is 1.